The van der Waals surface area contributed by atoms with Crippen LogP contribution in [0.2, 0.25) is 5.02 Å². The van der Waals surface area contributed by atoms with Gasteiger partial charge < -0.3 is 5.32 Å². The molecule has 2 rings (SSSR count). The van der Waals surface area contributed by atoms with Crippen LogP contribution in [0.4, 0.5) is 0 Å². The van der Waals surface area contributed by atoms with Crippen LogP contribution in [0.1, 0.15) is 18.9 Å². The van der Waals surface area contributed by atoms with Gasteiger partial charge in [0.2, 0.25) is 0 Å². The van der Waals surface area contributed by atoms with Crippen molar-refractivity contribution in [3.63, 3.8) is 0 Å². The van der Waals surface area contributed by atoms with E-state index in [1.54, 1.807) is 0 Å². The standard InChI is InChI=1S/C12H16ClN/c1-12(7-10(12)8-14-2)9-4-3-5-11(13)6-9/h3-6,10,14H,7-8H2,1-2H3. The highest BCUT2D eigenvalue weighted by atomic mass is 35.5. The molecule has 1 aliphatic rings. The molecule has 0 amide bonds. The van der Waals surface area contributed by atoms with Crippen molar-refractivity contribution in [1.29, 1.82) is 0 Å². The van der Waals surface area contributed by atoms with Crippen molar-refractivity contribution in [3.8, 4) is 0 Å². The summed E-state index contributed by atoms with van der Waals surface area (Å²) in [6, 6.07) is 8.25. The second-order valence-corrected chi connectivity index (χ2v) is 4.82. The van der Waals surface area contributed by atoms with E-state index >= 15 is 0 Å². The average molecular weight is 210 g/mol. The zero-order valence-corrected chi connectivity index (χ0v) is 9.43. The second-order valence-electron chi connectivity index (χ2n) is 4.39. The number of hydrogen-bond acceptors (Lipinski definition) is 1. The summed E-state index contributed by atoms with van der Waals surface area (Å²) in [5.74, 6) is 0.769. The van der Waals surface area contributed by atoms with E-state index in [4.69, 9.17) is 11.6 Å². The summed E-state index contributed by atoms with van der Waals surface area (Å²) in [6.45, 7) is 3.42. The minimum Gasteiger partial charge on any atom is -0.319 e. The van der Waals surface area contributed by atoms with Crippen LogP contribution in [0.3, 0.4) is 0 Å². The van der Waals surface area contributed by atoms with Crippen molar-refractivity contribution in [2.24, 2.45) is 5.92 Å². The van der Waals surface area contributed by atoms with Crippen LogP contribution in [0.15, 0.2) is 24.3 Å². The molecule has 1 N–H and O–H groups in total. The van der Waals surface area contributed by atoms with E-state index in [1.165, 1.54) is 12.0 Å². The minimum absolute atomic E-state index is 0.355. The average Bonchev–Trinajstić information content (AvgIpc) is 2.79. The molecule has 1 aliphatic carbocycles. The quantitative estimate of drug-likeness (QED) is 0.808. The first-order valence-electron chi connectivity index (χ1n) is 5.07. The summed E-state index contributed by atoms with van der Waals surface area (Å²) in [7, 11) is 2.01. The van der Waals surface area contributed by atoms with Gasteiger partial charge in [-0.3, -0.25) is 0 Å². The van der Waals surface area contributed by atoms with E-state index < -0.39 is 0 Å². The normalized spacial score (nSPS) is 30.4. The topological polar surface area (TPSA) is 12.0 Å². The summed E-state index contributed by atoms with van der Waals surface area (Å²) in [6.07, 6.45) is 1.27. The van der Waals surface area contributed by atoms with Gasteiger partial charge in [-0.25, -0.2) is 0 Å². The van der Waals surface area contributed by atoms with Gasteiger partial charge >= 0.3 is 0 Å². The van der Waals surface area contributed by atoms with E-state index in [9.17, 15) is 0 Å². The molecular weight excluding hydrogens is 194 g/mol. The third-order valence-electron chi connectivity index (χ3n) is 3.35. The van der Waals surface area contributed by atoms with Crippen LogP contribution >= 0.6 is 11.6 Å². The Morgan fingerprint density at radius 2 is 2.36 bits per heavy atom. The molecule has 1 fully saturated rings. The van der Waals surface area contributed by atoms with Gasteiger partial charge in [0.25, 0.3) is 0 Å². The molecule has 0 spiro atoms. The largest absolute Gasteiger partial charge is 0.319 e. The Labute approximate surface area is 90.5 Å². The van der Waals surface area contributed by atoms with Gasteiger partial charge in [0.05, 0.1) is 0 Å². The molecule has 14 heavy (non-hydrogen) atoms. The van der Waals surface area contributed by atoms with Crippen molar-refractivity contribution < 1.29 is 0 Å². The van der Waals surface area contributed by atoms with E-state index in [1.807, 2.05) is 19.2 Å². The molecule has 0 aromatic heterocycles. The maximum absolute atomic E-state index is 5.99. The first-order chi connectivity index (χ1) is 6.66. The Kier molecular flexibility index (Phi) is 2.54. The number of nitrogens with one attached hydrogen (secondary N) is 1. The molecule has 1 nitrogen and oxygen atoms in total. The van der Waals surface area contributed by atoms with Crippen molar-refractivity contribution in [2.75, 3.05) is 13.6 Å². The van der Waals surface area contributed by atoms with Gasteiger partial charge in [-0.1, -0.05) is 30.7 Å². The van der Waals surface area contributed by atoms with Gasteiger partial charge in [-0.05, 0) is 49.0 Å². The predicted octanol–water partition coefficient (Wildman–Crippen LogP) is 2.84. The van der Waals surface area contributed by atoms with Crippen molar-refractivity contribution >= 4 is 11.6 Å². The van der Waals surface area contributed by atoms with Gasteiger partial charge in [-0.15, -0.1) is 0 Å². The lowest BCUT2D eigenvalue weighted by Crippen LogP contribution is -2.15. The number of hydrogen-bond donors (Lipinski definition) is 1. The first-order valence-corrected chi connectivity index (χ1v) is 5.45. The maximum Gasteiger partial charge on any atom is 0.0408 e. The lowest BCUT2D eigenvalue weighted by atomic mass is 9.95. The molecule has 2 heteroatoms. The molecule has 76 valence electrons. The number of halogens is 1. The summed E-state index contributed by atoms with van der Waals surface area (Å²) in [5.41, 5.74) is 1.73. The van der Waals surface area contributed by atoms with Crippen molar-refractivity contribution in [2.45, 2.75) is 18.8 Å². The third-order valence-corrected chi connectivity index (χ3v) is 3.58. The van der Waals surface area contributed by atoms with E-state index in [2.05, 4.69) is 24.4 Å². The summed E-state index contributed by atoms with van der Waals surface area (Å²) >= 11 is 5.99. The van der Waals surface area contributed by atoms with Crippen molar-refractivity contribution in [1.82, 2.24) is 5.32 Å². The number of rotatable bonds is 3. The Bertz CT molecular complexity index is 337. The molecule has 1 aromatic carbocycles. The summed E-state index contributed by atoms with van der Waals surface area (Å²) in [5, 5.41) is 4.08. The Balaban J connectivity index is 2.17. The van der Waals surface area contributed by atoms with Crippen LogP contribution in [-0.2, 0) is 5.41 Å². The Hall–Kier alpha value is -0.530. The lowest BCUT2D eigenvalue weighted by Gasteiger charge is -2.11. The highest BCUT2D eigenvalue weighted by Crippen LogP contribution is 2.53. The molecule has 0 bridgehead atoms. The summed E-state index contributed by atoms with van der Waals surface area (Å²) in [4.78, 5) is 0. The molecule has 0 saturated heterocycles. The fourth-order valence-electron chi connectivity index (χ4n) is 2.19. The highest BCUT2D eigenvalue weighted by Gasteiger charge is 2.50. The maximum atomic E-state index is 5.99. The van der Waals surface area contributed by atoms with Gasteiger partial charge in [-0.2, -0.15) is 0 Å². The summed E-state index contributed by atoms with van der Waals surface area (Å²) < 4.78 is 0. The molecule has 0 heterocycles. The fourth-order valence-corrected chi connectivity index (χ4v) is 2.38. The monoisotopic (exact) mass is 209 g/mol. The van der Waals surface area contributed by atoms with E-state index in [0.717, 1.165) is 17.5 Å². The lowest BCUT2D eigenvalue weighted by molar-refractivity contribution is 0.617. The van der Waals surface area contributed by atoms with Crippen LogP contribution in [0, 0.1) is 5.92 Å². The third kappa shape index (κ3) is 1.67. The van der Waals surface area contributed by atoms with Gasteiger partial charge in [0.15, 0.2) is 0 Å². The van der Waals surface area contributed by atoms with Crippen molar-refractivity contribution in [3.05, 3.63) is 34.9 Å². The molecule has 1 saturated carbocycles. The van der Waals surface area contributed by atoms with Crippen LogP contribution < -0.4 is 5.32 Å². The van der Waals surface area contributed by atoms with E-state index in [0.29, 0.717) is 5.41 Å². The minimum atomic E-state index is 0.355. The van der Waals surface area contributed by atoms with Crippen LogP contribution in [-0.4, -0.2) is 13.6 Å². The van der Waals surface area contributed by atoms with E-state index in [-0.39, 0.29) is 0 Å². The molecule has 2 unspecified atom stereocenters. The zero-order valence-electron chi connectivity index (χ0n) is 8.68. The highest BCUT2D eigenvalue weighted by molar-refractivity contribution is 6.30. The molecule has 2 atom stereocenters. The van der Waals surface area contributed by atoms with Gasteiger partial charge in [0.1, 0.15) is 0 Å². The Morgan fingerprint density at radius 1 is 1.57 bits per heavy atom. The zero-order chi connectivity index (χ0) is 10.2. The van der Waals surface area contributed by atoms with Gasteiger partial charge in [0, 0.05) is 5.02 Å². The molecule has 1 aromatic rings. The SMILES string of the molecule is CNCC1CC1(C)c1cccc(Cl)c1. The fraction of sp³-hybridized carbons (Fsp3) is 0.500. The van der Waals surface area contributed by atoms with Crippen LogP contribution in [0.5, 0.6) is 0 Å². The smallest absolute Gasteiger partial charge is 0.0408 e. The Morgan fingerprint density at radius 3 is 3.00 bits per heavy atom. The predicted molar refractivity (Wildman–Crippen MR) is 60.8 cm³/mol. The second kappa shape index (κ2) is 3.56. The number of benzene rings is 1. The van der Waals surface area contributed by atoms with Crippen LogP contribution in [0.25, 0.3) is 0 Å². The first kappa shape index (κ1) is 10.0. The molecule has 0 radical (unpaired) electrons. The molecular formula is C12H16ClN. The molecule has 0 aliphatic heterocycles.